The Morgan fingerprint density at radius 1 is 1.18 bits per heavy atom. The van der Waals surface area contributed by atoms with Crippen molar-refractivity contribution in [2.45, 2.75) is 45.8 Å². The van der Waals surface area contributed by atoms with Gasteiger partial charge in [0, 0.05) is 12.2 Å². The molecule has 0 saturated heterocycles. The Balaban J connectivity index is 2.29. The molecular weight excluding hydrogens is 296 g/mol. The van der Waals surface area contributed by atoms with Crippen LogP contribution in [0.25, 0.3) is 0 Å². The predicted molar refractivity (Wildman–Crippen MR) is 95.6 cm³/mol. The molecule has 0 unspecified atom stereocenters. The highest BCUT2D eigenvalue weighted by Gasteiger charge is 2.15. The fourth-order valence-electron chi connectivity index (χ4n) is 1.86. The third-order valence-electron chi connectivity index (χ3n) is 2.88. The van der Waals surface area contributed by atoms with Crippen LogP contribution in [0.15, 0.2) is 24.3 Å². The van der Waals surface area contributed by atoms with Crippen molar-refractivity contribution >= 4 is 23.5 Å². The van der Waals surface area contributed by atoms with E-state index in [0.29, 0.717) is 0 Å². The molecule has 0 bridgehead atoms. The molecule has 0 aliphatic heterocycles. The lowest BCUT2D eigenvalue weighted by Gasteiger charge is -2.19. The number of rotatable bonds is 8. The number of ether oxygens (including phenoxy) is 1. The molecule has 0 fully saturated rings. The van der Waals surface area contributed by atoms with E-state index in [4.69, 9.17) is 4.74 Å². The number of unbranched alkanes of at least 4 members (excludes halogenated alkanes) is 1. The third-order valence-corrected chi connectivity index (χ3v) is 3.58. The molecule has 0 aromatic heterocycles. The minimum atomic E-state index is -0.482. The lowest BCUT2D eigenvalue weighted by atomic mass is 10.2. The Labute approximate surface area is 138 Å². The van der Waals surface area contributed by atoms with Crippen molar-refractivity contribution in [2.24, 2.45) is 0 Å². The van der Waals surface area contributed by atoms with Gasteiger partial charge in [0.25, 0.3) is 0 Å². The zero-order valence-electron chi connectivity index (χ0n) is 14.1. The summed E-state index contributed by atoms with van der Waals surface area (Å²) >= 11 is 1.89. The van der Waals surface area contributed by atoms with Crippen LogP contribution in [0.1, 0.15) is 39.2 Å². The van der Waals surface area contributed by atoms with E-state index in [9.17, 15) is 4.79 Å². The van der Waals surface area contributed by atoms with Crippen molar-refractivity contribution in [1.82, 2.24) is 5.32 Å². The second-order valence-corrected chi connectivity index (χ2v) is 7.19. The standard InChI is InChI=1S/C17H28N2O2S/c1-17(2,3)21-16(20)19-15-9-7-14(8-10-15)13-18-11-5-6-12-22-4/h7-10,18H,5-6,11-13H2,1-4H3,(H,19,20). The average Bonchev–Trinajstić information content (AvgIpc) is 2.42. The largest absolute Gasteiger partial charge is 0.444 e. The number of benzene rings is 1. The molecule has 1 rings (SSSR count). The summed E-state index contributed by atoms with van der Waals surface area (Å²) in [6.07, 6.45) is 4.18. The smallest absolute Gasteiger partial charge is 0.412 e. The molecule has 0 saturated carbocycles. The van der Waals surface area contributed by atoms with Crippen molar-refractivity contribution in [3.05, 3.63) is 29.8 Å². The lowest BCUT2D eigenvalue weighted by molar-refractivity contribution is 0.0636. The molecular formula is C17H28N2O2S. The van der Waals surface area contributed by atoms with Gasteiger partial charge in [0.2, 0.25) is 0 Å². The Morgan fingerprint density at radius 2 is 1.86 bits per heavy atom. The third kappa shape index (κ3) is 8.95. The first-order valence-corrected chi connectivity index (χ1v) is 9.09. The van der Waals surface area contributed by atoms with E-state index in [1.54, 1.807) is 0 Å². The van der Waals surface area contributed by atoms with Crippen LogP contribution in [0, 0.1) is 0 Å². The average molecular weight is 324 g/mol. The minimum absolute atomic E-state index is 0.424. The quantitative estimate of drug-likeness (QED) is 0.701. The zero-order chi connectivity index (χ0) is 16.4. The number of anilines is 1. The van der Waals surface area contributed by atoms with E-state index in [1.165, 1.54) is 24.2 Å². The molecule has 4 nitrogen and oxygen atoms in total. The van der Waals surface area contributed by atoms with E-state index >= 15 is 0 Å². The molecule has 1 aromatic carbocycles. The van der Waals surface area contributed by atoms with Gasteiger partial charge >= 0.3 is 6.09 Å². The van der Waals surface area contributed by atoms with Gasteiger partial charge in [-0.05, 0) is 69.9 Å². The van der Waals surface area contributed by atoms with E-state index in [-0.39, 0.29) is 0 Å². The molecule has 1 aromatic rings. The summed E-state index contributed by atoms with van der Waals surface area (Å²) in [7, 11) is 0. The Hall–Kier alpha value is -1.20. The first kappa shape index (κ1) is 18.8. The van der Waals surface area contributed by atoms with Gasteiger partial charge in [0.1, 0.15) is 5.60 Å². The van der Waals surface area contributed by atoms with E-state index in [0.717, 1.165) is 18.8 Å². The first-order chi connectivity index (χ1) is 10.4. The lowest BCUT2D eigenvalue weighted by Crippen LogP contribution is -2.27. The zero-order valence-corrected chi connectivity index (χ0v) is 14.9. The van der Waals surface area contributed by atoms with Crippen LogP contribution in [0.3, 0.4) is 0 Å². The van der Waals surface area contributed by atoms with Crippen molar-refractivity contribution < 1.29 is 9.53 Å². The summed E-state index contributed by atoms with van der Waals surface area (Å²) in [5, 5.41) is 6.16. The maximum absolute atomic E-state index is 11.7. The first-order valence-electron chi connectivity index (χ1n) is 7.69. The summed E-state index contributed by atoms with van der Waals surface area (Å²) in [5.41, 5.74) is 1.47. The molecule has 0 aliphatic rings. The SMILES string of the molecule is CSCCCCNCc1ccc(NC(=O)OC(C)(C)C)cc1. The van der Waals surface area contributed by atoms with Gasteiger partial charge in [-0.2, -0.15) is 11.8 Å². The van der Waals surface area contributed by atoms with Gasteiger partial charge in [-0.15, -0.1) is 0 Å². The second kappa shape index (κ2) is 9.74. The van der Waals surface area contributed by atoms with Crippen molar-refractivity contribution in [3.63, 3.8) is 0 Å². The van der Waals surface area contributed by atoms with Gasteiger partial charge in [-0.1, -0.05) is 12.1 Å². The van der Waals surface area contributed by atoms with Crippen molar-refractivity contribution in [2.75, 3.05) is 23.9 Å². The monoisotopic (exact) mass is 324 g/mol. The topological polar surface area (TPSA) is 50.4 Å². The van der Waals surface area contributed by atoms with Gasteiger partial charge < -0.3 is 10.1 Å². The summed E-state index contributed by atoms with van der Waals surface area (Å²) in [6, 6.07) is 7.83. The maximum Gasteiger partial charge on any atom is 0.412 e. The molecule has 1 amide bonds. The summed E-state index contributed by atoms with van der Waals surface area (Å²) < 4.78 is 5.22. The Bertz CT molecular complexity index is 441. The number of carbonyl (C=O) groups is 1. The highest BCUT2D eigenvalue weighted by atomic mass is 32.2. The van der Waals surface area contributed by atoms with Crippen LogP contribution in [0.4, 0.5) is 10.5 Å². The minimum Gasteiger partial charge on any atom is -0.444 e. The van der Waals surface area contributed by atoms with Crippen LogP contribution in [0.2, 0.25) is 0 Å². The van der Waals surface area contributed by atoms with Gasteiger partial charge in [-0.25, -0.2) is 4.79 Å². The van der Waals surface area contributed by atoms with Crippen molar-refractivity contribution in [3.8, 4) is 0 Å². The summed E-state index contributed by atoms with van der Waals surface area (Å²) in [6.45, 7) is 7.44. The molecule has 0 aliphatic carbocycles. The molecule has 0 atom stereocenters. The number of thioether (sulfide) groups is 1. The fraction of sp³-hybridized carbons (Fsp3) is 0.588. The van der Waals surface area contributed by atoms with Crippen LogP contribution in [-0.2, 0) is 11.3 Å². The normalized spacial score (nSPS) is 11.3. The van der Waals surface area contributed by atoms with E-state index < -0.39 is 11.7 Å². The molecule has 0 spiro atoms. The summed E-state index contributed by atoms with van der Waals surface area (Å²) in [4.78, 5) is 11.7. The van der Waals surface area contributed by atoms with Gasteiger partial charge in [0.15, 0.2) is 0 Å². The summed E-state index contributed by atoms with van der Waals surface area (Å²) in [5.74, 6) is 1.23. The number of amides is 1. The predicted octanol–water partition coefficient (Wildman–Crippen LogP) is 4.27. The van der Waals surface area contributed by atoms with Crippen LogP contribution in [-0.4, -0.2) is 30.2 Å². The Kier molecular flexibility index (Phi) is 8.35. The second-order valence-electron chi connectivity index (χ2n) is 6.20. The molecule has 22 heavy (non-hydrogen) atoms. The Morgan fingerprint density at radius 3 is 2.45 bits per heavy atom. The van der Waals surface area contributed by atoms with Crippen LogP contribution in [0.5, 0.6) is 0 Å². The van der Waals surface area contributed by atoms with Crippen LogP contribution >= 0.6 is 11.8 Å². The van der Waals surface area contributed by atoms with Gasteiger partial charge in [-0.3, -0.25) is 5.32 Å². The fourth-order valence-corrected chi connectivity index (χ4v) is 2.35. The van der Waals surface area contributed by atoms with Crippen LogP contribution < -0.4 is 10.6 Å². The number of nitrogens with one attached hydrogen (secondary N) is 2. The molecule has 0 radical (unpaired) electrons. The number of carbonyl (C=O) groups excluding carboxylic acids is 1. The molecule has 0 heterocycles. The number of hydrogen-bond donors (Lipinski definition) is 2. The van der Waals surface area contributed by atoms with Gasteiger partial charge in [0.05, 0.1) is 0 Å². The molecule has 2 N–H and O–H groups in total. The molecule has 124 valence electrons. The highest BCUT2D eigenvalue weighted by molar-refractivity contribution is 7.98. The molecule has 5 heteroatoms. The number of hydrogen-bond acceptors (Lipinski definition) is 4. The maximum atomic E-state index is 11.7. The van der Waals surface area contributed by atoms with E-state index in [2.05, 4.69) is 16.9 Å². The van der Waals surface area contributed by atoms with E-state index in [1.807, 2.05) is 56.8 Å². The highest BCUT2D eigenvalue weighted by Crippen LogP contribution is 2.13. The van der Waals surface area contributed by atoms with Crippen molar-refractivity contribution in [1.29, 1.82) is 0 Å².